The first-order chi connectivity index (χ1) is 10.8. The number of benzene rings is 2. The van der Waals surface area contributed by atoms with Gasteiger partial charge in [0.05, 0.1) is 0 Å². The molecule has 0 aromatic heterocycles. The second kappa shape index (κ2) is 6.84. The first-order valence-electron chi connectivity index (χ1n) is 7.47. The fourth-order valence-electron chi connectivity index (χ4n) is 2.80. The van der Waals surface area contributed by atoms with Crippen LogP contribution >= 0.6 is 11.6 Å². The molecule has 2 aromatic carbocycles. The predicted octanol–water partition coefficient (Wildman–Crippen LogP) is 4.20. The van der Waals surface area contributed by atoms with Gasteiger partial charge in [-0.05, 0) is 36.4 Å². The molecule has 1 heterocycles. The van der Waals surface area contributed by atoms with Crippen molar-refractivity contribution in [3.63, 3.8) is 0 Å². The van der Waals surface area contributed by atoms with Crippen molar-refractivity contribution in [2.45, 2.75) is 18.9 Å². The summed E-state index contributed by atoms with van der Waals surface area (Å²) in [6, 6.07) is 15.2. The van der Waals surface area contributed by atoms with Gasteiger partial charge in [0.15, 0.2) is 6.29 Å². The van der Waals surface area contributed by atoms with E-state index >= 15 is 0 Å². The molecule has 0 aliphatic carbocycles. The molecule has 1 saturated heterocycles. The van der Waals surface area contributed by atoms with E-state index in [2.05, 4.69) is 4.90 Å². The highest BCUT2D eigenvalue weighted by Gasteiger charge is 2.22. The monoisotopic (exact) mass is 315 g/mol. The summed E-state index contributed by atoms with van der Waals surface area (Å²) in [6.45, 7) is 1.78. The number of para-hydroxylation sites is 1. The molecule has 114 valence electrons. The molecule has 1 aliphatic rings. The molecular weight excluding hydrogens is 298 g/mol. The van der Waals surface area contributed by atoms with Crippen molar-refractivity contribution in [1.29, 1.82) is 0 Å². The zero-order valence-corrected chi connectivity index (χ0v) is 13.0. The minimum absolute atomic E-state index is 0.209. The van der Waals surface area contributed by atoms with Crippen molar-refractivity contribution in [2.24, 2.45) is 0 Å². The van der Waals surface area contributed by atoms with E-state index in [9.17, 15) is 4.79 Å². The Labute approximate surface area is 135 Å². The van der Waals surface area contributed by atoms with E-state index in [1.807, 2.05) is 48.5 Å². The number of aldehydes is 1. The Kier molecular flexibility index (Phi) is 4.64. The fourth-order valence-corrected chi connectivity index (χ4v) is 2.92. The van der Waals surface area contributed by atoms with Crippen LogP contribution in [-0.2, 0) is 0 Å². The van der Waals surface area contributed by atoms with E-state index in [0.717, 1.165) is 49.2 Å². The molecule has 1 aliphatic heterocycles. The molecule has 0 N–H and O–H groups in total. The standard InChI is InChI=1S/C18H18ClNO2/c19-15-5-7-16(8-6-15)22-17-9-11-20(12-10-17)18-4-2-1-3-14(18)13-21/h1-8,13,17H,9-12H2. The van der Waals surface area contributed by atoms with Crippen molar-refractivity contribution in [3.8, 4) is 5.75 Å². The fraction of sp³-hybridized carbons (Fsp3) is 0.278. The molecule has 0 unspecified atom stereocenters. The summed E-state index contributed by atoms with van der Waals surface area (Å²) in [5, 5.41) is 0.715. The number of rotatable bonds is 4. The van der Waals surface area contributed by atoms with Crippen LogP contribution in [-0.4, -0.2) is 25.5 Å². The van der Waals surface area contributed by atoms with Gasteiger partial charge >= 0.3 is 0 Å². The summed E-state index contributed by atoms with van der Waals surface area (Å²) in [7, 11) is 0. The van der Waals surface area contributed by atoms with Gasteiger partial charge in [0.2, 0.25) is 0 Å². The lowest BCUT2D eigenvalue weighted by atomic mass is 10.1. The van der Waals surface area contributed by atoms with Crippen LogP contribution in [0.3, 0.4) is 0 Å². The van der Waals surface area contributed by atoms with E-state index in [0.29, 0.717) is 5.02 Å². The van der Waals surface area contributed by atoms with Crippen molar-refractivity contribution in [2.75, 3.05) is 18.0 Å². The Morgan fingerprint density at radius 2 is 1.73 bits per heavy atom. The van der Waals surface area contributed by atoms with E-state index in [1.54, 1.807) is 0 Å². The Bertz CT molecular complexity index is 634. The molecule has 22 heavy (non-hydrogen) atoms. The number of nitrogens with zero attached hydrogens (tertiary/aromatic N) is 1. The maximum atomic E-state index is 11.1. The minimum Gasteiger partial charge on any atom is -0.490 e. The lowest BCUT2D eigenvalue weighted by Crippen LogP contribution is -2.38. The quantitative estimate of drug-likeness (QED) is 0.792. The third-order valence-electron chi connectivity index (χ3n) is 3.96. The predicted molar refractivity (Wildman–Crippen MR) is 89.1 cm³/mol. The number of hydrogen-bond acceptors (Lipinski definition) is 3. The molecule has 0 spiro atoms. The van der Waals surface area contributed by atoms with Gasteiger partial charge in [0.25, 0.3) is 0 Å². The van der Waals surface area contributed by atoms with Crippen molar-refractivity contribution < 1.29 is 9.53 Å². The number of halogens is 1. The number of ether oxygens (including phenoxy) is 1. The molecule has 0 radical (unpaired) electrons. The lowest BCUT2D eigenvalue weighted by molar-refractivity contribution is 0.112. The molecule has 0 bridgehead atoms. The maximum Gasteiger partial charge on any atom is 0.152 e. The number of carbonyl (C=O) groups is 1. The lowest BCUT2D eigenvalue weighted by Gasteiger charge is -2.34. The SMILES string of the molecule is O=Cc1ccccc1N1CCC(Oc2ccc(Cl)cc2)CC1. The van der Waals surface area contributed by atoms with Crippen LogP contribution in [0.4, 0.5) is 5.69 Å². The van der Waals surface area contributed by atoms with Crippen molar-refractivity contribution in [3.05, 3.63) is 59.1 Å². The van der Waals surface area contributed by atoms with Gasteiger partial charge in [-0.25, -0.2) is 0 Å². The van der Waals surface area contributed by atoms with Crippen LogP contribution in [0.25, 0.3) is 0 Å². The van der Waals surface area contributed by atoms with Gasteiger partial charge in [-0.1, -0.05) is 23.7 Å². The second-order valence-corrected chi connectivity index (χ2v) is 5.87. The molecule has 3 rings (SSSR count). The van der Waals surface area contributed by atoms with Crippen LogP contribution < -0.4 is 9.64 Å². The summed E-state index contributed by atoms with van der Waals surface area (Å²) >= 11 is 5.88. The van der Waals surface area contributed by atoms with Crippen LogP contribution in [0.1, 0.15) is 23.2 Å². The van der Waals surface area contributed by atoms with Gasteiger partial charge in [0.1, 0.15) is 11.9 Å². The molecular formula is C18H18ClNO2. The van der Waals surface area contributed by atoms with Crippen molar-refractivity contribution >= 4 is 23.6 Å². The summed E-state index contributed by atoms with van der Waals surface area (Å²) in [5.41, 5.74) is 1.77. The first-order valence-corrected chi connectivity index (χ1v) is 7.85. The van der Waals surface area contributed by atoms with Gasteiger partial charge in [-0.15, -0.1) is 0 Å². The number of anilines is 1. The summed E-state index contributed by atoms with van der Waals surface area (Å²) in [5.74, 6) is 0.858. The van der Waals surface area contributed by atoms with Gasteiger partial charge in [0, 0.05) is 42.2 Å². The number of piperidine rings is 1. The number of hydrogen-bond donors (Lipinski definition) is 0. The zero-order chi connectivity index (χ0) is 15.4. The average Bonchev–Trinajstić information content (AvgIpc) is 2.58. The van der Waals surface area contributed by atoms with Crippen LogP contribution in [0.2, 0.25) is 5.02 Å². The molecule has 0 amide bonds. The van der Waals surface area contributed by atoms with E-state index in [1.165, 1.54) is 0 Å². The highest BCUT2D eigenvalue weighted by Crippen LogP contribution is 2.25. The van der Waals surface area contributed by atoms with Crippen LogP contribution in [0.15, 0.2) is 48.5 Å². The Hall–Kier alpha value is -2.00. The third-order valence-corrected chi connectivity index (χ3v) is 4.21. The van der Waals surface area contributed by atoms with Crippen molar-refractivity contribution in [1.82, 2.24) is 0 Å². The molecule has 3 nitrogen and oxygen atoms in total. The summed E-state index contributed by atoms with van der Waals surface area (Å²) in [4.78, 5) is 13.4. The molecule has 0 saturated carbocycles. The topological polar surface area (TPSA) is 29.5 Å². The Morgan fingerprint density at radius 3 is 2.41 bits per heavy atom. The number of carbonyl (C=O) groups excluding carboxylic acids is 1. The highest BCUT2D eigenvalue weighted by molar-refractivity contribution is 6.30. The van der Waals surface area contributed by atoms with E-state index in [4.69, 9.17) is 16.3 Å². The zero-order valence-electron chi connectivity index (χ0n) is 12.2. The molecule has 2 aromatic rings. The second-order valence-electron chi connectivity index (χ2n) is 5.43. The van der Waals surface area contributed by atoms with Crippen LogP contribution in [0.5, 0.6) is 5.75 Å². The van der Waals surface area contributed by atoms with Gasteiger partial charge in [-0.2, -0.15) is 0 Å². The average molecular weight is 316 g/mol. The normalized spacial score (nSPS) is 15.6. The minimum atomic E-state index is 0.209. The van der Waals surface area contributed by atoms with Crippen LogP contribution in [0, 0.1) is 0 Å². The largest absolute Gasteiger partial charge is 0.490 e. The van der Waals surface area contributed by atoms with E-state index < -0.39 is 0 Å². The highest BCUT2D eigenvalue weighted by atomic mass is 35.5. The maximum absolute atomic E-state index is 11.1. The Morgan fingerprint density at radius 1 is 1.05 bits per heavy atom. The third kappa shape index (κ3) is 3.42. The molecule has 4 heteroatoms. The Balaban J connectivity index is 1.60. The molecule has 0 atom stereocenters. The van der Waals surface area contributed by atoms with Gasteiger partial charge < -0.3 is 9.64 Å². The first kappa shape index (κ1) is 14.9. The molecule has 1 fully saturated rings. The summed E-state index contributed by atoms with van der Waals surface area (Å²) in [6.07, 6.45) is 3.01. The smallest absolute Gasteiger partial charge is 0.152 e. The van der Waals surface area contributed by atoms with E-state index in [-0.39, 0.29) is 6.10 Å². The summed E-state index contributed by atoms with van der Waals surface area (Å²) < 4.78 is 6.00. The van der Waals surface area contributed by atoms with Gasteiger partial charge in [-0.3, -0.25) is 4.79 Å².